The van der Waals surface area contributed by atoms with Crippen LogP contribution in [0.3, 0.4) is 0 Å². The lowest BCUT2D eigenvalue weighted by atomic mass is 10.0. The fourth-order valence-corrected chi connectivity index (χ4v) is 5.52. The highest BCUT2D eigenvalue weighted by Gasteiger charge is 2.22. The summed E-state index contributed by atoms with van der Waals surface area (Å²) in [6, 6.07) is 7.37. The first-order valence-corrected chi connectivity index (χ1v) is 10.8. The Morgan fingerprint density at radius 2 is 2.15 bits per heavy atom. The van der Waals surface area contributed by atoms with Crippen LogP contribution in [-0.2, 0) is 23.0 Å². The number of aromatic nitrogens is 3. The summed E-state index contributed by atoms with van der Waals surface area (Å²) in [6.07, 6.45) is 3.99. The van der Waals surface area contributed by atoms with Gasteiger partial charge in [-0.1, -0.05) is 0 Å². The molecule has 7 nitrogen and oxygen atoms in total. The van der Waals surface area contributed by atoms with Gasteiger partial charge in [-0.15, -0.1) is 0 Å². The van der Waals surface area contributed by atoms with Crippen LogP contribution in [0.5, 0.6) is 0 Å². The largest absolute Gasteiger partial charge is 0.357 e. The summed E-state index contributed by atoms with van der Waals surface area (Å²) in [4.78, 5) is 9.80. The SMILES string of the molecule is CN1CCc2c([nH]c3ccc(NS(=O)(=O)c4nccc5sncc45)cc23)C1. The smallest absolute Gasteiger partial charge is 0.280 e. The number of rotatable bonds is 3. The van der Waals surface area contributed by atoms with Gasteiger partial charge in [0, 0.05) is 41.6 Å². The van der Waals surface area contributed by atoms with E-state index in [-0.39, 0.29) is 5.03 Å². The normalized spacial score (nSPS) is 15.3. The molecule has 0 bridgehead atoms. The summed E-state index contributed by atoms with van der Waals surface area (Å²) in [7, 11) is -1.71. The number of aromatic amines is 1. The van der Waals surface area contributed by atoms with Gasteiger partial charge in [0.2, 0.25) is 0 Å². The Balaban J connectivity index is 1.55. The molecule has 138 valence electrons. The Morgan fingerprint density at radius 1 is 1.26 bits per heavy atom. The van der Waals surface area contributed by atoms with Crippen molar-refractivity contribution in [3.63, 3.8) is 0 Å². The van der Waals surface area contributed by atoms with Crippen LogP contribution in [0.4, 0.5) is 5.69 Å². The first-order valence-electron chi connectivity index (χ1n) is 8.55. The molecule has 0 spiro atoms. The third-order valence-corrected chi connectivity index (χ3v) is 7.02. The van der Waals surface area contributed by atoms with E-state index in [0.717, 1.165) is 35.1 Å². The first kappa shape index (κ1) is 16.7. The van der Waals surface area contributed by atoms with Crippen LogP contribution in [0.15, 0.2) is 41.7 Å². The summed E-state index contributed by atoms with van der Waals surface area (Å²) >= 11 is 1.25. The maximum Gasteiger partial charge on any atom is 0.280 e. The maximum atomic E-state index is 12.9. The van der Waals surface area contributed by atoms with Crippen LogP contribution in [0.1, 0.15) is 11.3 Å². The fourth-order valence-electron chi connectivity index (χ4n) is 3.63. The molecule has 5 rings (SSSR count). The zero-order valence-corrected chi connectivity index (χ0v) is 16.2. The van der Waals surface area contributed by atoms with Crippen molar-refractivity contribution in [3.8, 4) is 0 Å². The molecule has 0 unspecified atom stereocenters. The van der Waals surface area contributed by atoms with Crippen molar-refractivity contribution in [2.75, 3.05) is 18.3 Å². The molecule has 9 heteroatoms. The second kappa shape index (κ2) is 6.01. The lowest BCUT2D eigenvalue weighted by Crippen LogP contribution is -2.26. The molecule has 0 atom stereocenters. The number of nitrogens with zero attached hydrogens (tertiary/aromatic N) is 3. The lowest BCUT2D eigenvalue weighted by Gasteiger charge is -2.22. The van der Waals surface area contributed by atoms with E-state index >= 15 is 0 Å². The lowest BCUT2D eigenvalue weighted by molar-refractivity contribution is 0.310. The van der Waals surface area contributed by atoms with Crippen LogP contribution in [0.25, 0.3) is 21.0 Å². The average Bonchev–Trinajstić information content (AvgIpc) is 3.24. The topological polar surface area (TPSA) is 91.0 Å². The van der Waals surface area contributed by atoms with Crippen LogP contribution in [0.2, 0.25) is 0 Å². The van der Waals surface area contributed by atoms with E-state index in [1.807, 2.05) is 12.1 Å². The van der Waals surface area contributed by atoms with Crippen molar-refractivity contribution in [1.82, 2.24) is 19.2 Å². The zero-order valence-electron chi connectivity index (χ0n) is 14.6. The van der Waals surface area contributed by atoms with E-state index in [2.05, 4.69) is 31.0 Å². The number of fused-ring (bicyclic) bond motifs is 4. The van der Waals surface area contributed by atoms with E-state index in [0.29, 0.717) is 11.1 Å². The highest BCUT2D eigenvalue weighted by atomic mass is 32.2. The number of benzene rings is 1. The summed E-state index contributed by atoms with van der Waals surface area (Å²) in [5.74, 6) is 0. The second-order valence-corrected chi connectivity index (χ2v) is 9.22. The van der Waals surface area contributed by atoms with Gasteiger partial charge in [0.15, 0.2) is 5.03 Å². The zero-order chi connectivity index (χ0) is 18.6. The number of pyridine rings is 1. The van der Waals surface area contributed by atoms with Crippen LogP contribution < -0.4 is 4.72 Å². The highest BCUT2D eigenvalue weighted by Crippen LogP contribution is 2.31. The minimum atomic E-state index is -3.80. The van der Waals surface area contributed by atoms with E-state index in [9.17, 15) is 8.42 Å². The molecule has 4 heterocycles. The Labute approximate surface area is 160 Å². The first-order chi connectivity index (χ1) is 13.0. The Morgan fingerprint density at radius 3 is 3.04 bits per heavy atom. The fraction of sp³-hybridized carbons (Fsp3) is 0.222. The van der Waals surface area contributed by atoms with Crippen molar-refractivity contribution in [1.29, 1.82) is 0 Å². The molecular weight excluding hydrogens is 382 g/mol. The van der Waals surface area contributed by atoms with Crippen LogP contribution >= 0.6 is 11.5 Å². The Kier molecular flexibility index (Phi) is 3.71. The predicted molar refractivity (Wildman–Crippen MR) is 107 cm³/mol. The molecule has 27 heavy (non-hydrogen) atoms. The highest BCUT2D eigenvalue weighted by molar-refractivity contribution is 7.92. The summed E-state index contributed by atoms with van der Waals surface area (Å²) in [5, 5.41) is 1.62. The molecule has 3 aromatic heterocycles. The van der Waals surface area contributed by atoms with Gasteiger partial charge in [-0.25, -0.2) is 4.98 Å². The molecule has 1 aromatic carbocycles. The molecule has 0 radical (unpaired) electrons. The molecule has 0 fully saturated rings. The van der Waals surface area contributed by atoms with Crippen molar-refractivity contribution in [2.24, 2.45) is 0 Å². The molecular formula is C18H17N5O2S2. The number of anilines is 1. The minimum Gasteiger partial charge on any atom is -0.357 e. The van der Waals surface area contributed by atoms with E-state index in [1.54, 1.807) is 18.3 Å². The van der Waals surface area contributed by atoms with Gasteiger partial charge >= 0.3 is 0 Å². The number of H-pyrrole nitrogens is 1. The summed E-state index contributed by atoms with van der Waals surface area (Å²) in [6.45, 7) is 1.87. The van der Waals surface area contributed by atoms with E-state index in [4.69, 9.17) is 0 Å². The molecule has 4 aromatic rings. The number of nitrogens with one attached hydrogen (secondary N) is 2. The number of hydrogen-bond donors (Lipinski definition) is 2. The third-order valence-electron chi connectivity index (χ3n) is 4.92. The van der Waals surface area contributed by atoms with E-state index < -0.39 is 10.0 Å². The van der Waals surface area contributed by atoms with E-state index in [1.165, 1.54) is 29.0 Å². The van der Waals surface area contributed by atoms with Gasteiger partial charge in [-0.3, -0.25) is 4.72 Å². The van der Waals surface area contributed by atoms with Crippen molar-refractivity contribution < 1.29 is 8.42 Å². The van der Waals surface area contributed by atoms with Gasteiger partial charge in [0.1, 0.15) is 0 Å². The Bertz CT molecular complexity index is 1280. The third kappa shape index (κ3) is 2.78. The molecule has 0 aliphatic carbocycles. The number of likely N-dealkylation sites (N-methyl/N-ethyl adjacent to an activating group) is 1. The van der Waals surface area contributed by atoms with Crippen LogP contribution in [-0.4, -0.2) is 41.3 Å². The standard InChI is InChI=1S/C18H17N5O2S2/c1-23-7-5-12-13-8-11(2-3-15(13)21-16(12)10-23)22-27(24,25)18-14-9-20-26-17(14)4-6-19-18/h2-4,6,8-9,21-22H,5,7,10H2,1H3. The summed E-state index contributed by atoms with van der Waals surface area (Å²) < 4.78 is 33.4. The molecule has 0 amide bonds. The minimum absolute atomic E-state index is 0.00608. The number of sulfonamides is 1. The molecule has 0 saturated heterocycles. The van der Waals surface area contributed by atoms with Gasteiger partial charge in [0.05, 0.1) is 16.3 Å². The molecule has 0 saturated carbocycles. The van der Waals surface area contributed by atoms with Crippen molar-refractivity contribution in [3.05, 3.63) is 47.9 Å². The van der Waals surface area contributed by atoms with Crippen LogP contribution in [0, 0.1) is 0 Å². The monoisotopic (exact) mass is 399 g/mol. The summed E-state index contributed by atoms with van der Waals surface area (Å²) in [5.41, 5.74) is 4.03. The Hall–Kier alpha value is -2.49. The quantitative estimate of drug-likeness (QED) is 0.553. The molecule has 1 aliphatic heterocycles. The molecule has 2 N–H and O–H groups in total. The van der Waals surface area contributed by atoms with Crippen molar-refractivity contribution >= 4 is 48.2 Å². The predicted octanol–water partition coefficient (Wildman–Crippen LogP) is 2.96. The maximum absolute atomic E-state index is 12.9. The molecule has 1 aliphatic rings. The van der Waals surface area contributed by atoms with Crippen molar-refractivity contribution in [2.45, 2.75) is 18.0 Å². The number of hydrogen-bond acceptors (Lipinski definition) is 6. The van der Waals surface area contributed by atoms with Gasteiger partial charge in [-0.2, -0.15) is 12.8 Å². The average molecular weight is 400 g/mol. The van der Waals surface area contributed by atoms with Gasteiger partial charge < -0.3 is 9.88 Å². The van der Waals surface area contributed by atoms with Gasteiger partial charge in [-0.05, 0) is 54.8 Å². The van der Waals surface area contributed by atoms with Gasteiger partial charge in [0.25, 0.3) is 10.0 Å². The second-order valence-electron chi connectivity index (χ2n) is 6.79.